The van der Waals surface area contributed by atoms with Crippen molar-refractivity contribution in [2.24, 2.45) is 94.7 Å². The lowest BCUT2D eigenvalue weighted by Gasteiger charge is -2.63. The van der Waals surface area contributed by atoms with Gasteiger partial charge in [-0.2, -0.15) is 0 Å². The molecule has 0 aromatic rings. The van der Waals surface area contributed by atoms with Crippen molar-refractivity contribution in [3.8, 4) is 0 Å². The van der Waals surface area contributed by atoms with Gasteiger partial charge in [-0.15, -0.1) is 0 Å². The van der Waals surface area contributed by atoms with Gasteiger partial charge in [0.05, 0.1) is 0 Å². The van der Waals surface area contributed by atoms with E-state index < -0.39 is 0 Å². The first-order chi connectivity index (χ1) is 11.9. The predicted molar refractivity (Wildman–Crippen MR) is 92.8 cm³/mol. The molecule has 12 unspecified atom stereocenters. The molecule has 0 radical (unpaired) electrons. The highest BCUT2D eigenvalue weighted by Gasteiger charge is 2.79. The van der Waals surface area contributed by atoms with Gasteiger partial charge in [0, 0.05) is 0 Å². The molecular formula is C24H32. The average Bonchev–Trinajstić information content (AvgIpc) is 3.40. The summed E-state index contributed by atoms with van der Waals surface area (Å²) in [4.78, 5) is 0. The normalized spacial score (nSPS) is 80.0. The fraction of sp³-hybridized carbons (Fsp3) is 1.00. The number of fused-ring (bicyclic) bond motifs is 26. The Bertz CT molecular complexity index is 534. The molecule has 12 atom stereocenters. The molecule has 0 aromatic heterocycles. The Balaban J connectivity index is 1.14. The predicted octanol–water partition coefficient (Wildman–Crippen LogP) is 5.09. The second kappa shape index (κ2) is 3.55. The molecule has 0 amide bonds. The lowest BCUT2D eigenvalue weighted by Crippen LogP contribution is -2.59. The van der Waals surface area contributed by atoms with Gasteiger partial charge in [0.2, 0.25) is 0 Å². The van der Waals surface area contributed by atoms with Gasteiger partial charge in [-0.1, -0.05) is 0 Å². The standard InChI is InChI=1S/C24H32/c1-2-10-5-9(1)17-13-7-14(18(10)17)22-21(13)23-15-8-16(24(22)23)20-12-4-3-11(6-12)19(15)20/h9-24H,1-8H2. The summed E-state index contributed by atoms with van der Waals surface area (Å²) >= 11 is 0. The van der Waals surface area contributed by atoms with Crippen LogP contribution in [0.4, 0.5) is 0 Å². The van der Waals surface area contributed by atoms with Crippen molar-refractivity contribution < 1.29 is 0 Å². The minimum atomic E-state index is 1.21. The Hall–Kier alpha value is 0. The Morgan fingerprint density at radius 2 is 0.583 bits per heavy atom. The van der Waals surface area contributed by atoms with Crippen LogP contribution in [-0.2, 0) is 0 Å². The molecule has 0 saturated heterocycles. The molecule has 9 rings (SSSR count). The minimum Gasteiger partial charge on any atom is -0.0499 e. The summed E-state index contributed by atoms with van der Waals surface area (Å²) in [6, 6.07) is 0. The maximum absolute atomic E-state index is 1.73. The summed E-state index contributed by atoms with van der Waals surface area (Å²) < 4.78 is 0. The molecule has 9 aliphatic carbocycles. The van der Waals surface area contributed by atoms with Gasteiger partial charge in [0.15, 0.2) is 0 Å². The SMILES string of the molecule is C1CC2CC1C1C3CC(C21)C1C3C2C3CC(C4C5CCC(C5)C34)C12. The highest BCUT2D eigenvalue weighted by molar-refractivity contribution is 5.27. The van der Waals surface area contributed by atoms with Crippen molar-refractivity contribution in [1.29, 1.82) is 0 Å². The van der Waals surface area contributed by atoms with Crippen LogP contribution in [0.25, 0.3) is 0 Å². The fourth-order valence-electron chi connectivity index (χ4n) is 13.4. The summed E-state index contributed by atoms with van der Waals surface area (Å²) in [5, 5.41) is 0. The Morgan fingerprint density at radius 3 is 0.875 bits per heavy atom. The van der Waals surface area contributed by atoms with Gasteiger partial charge in [-0.05, 0) is 146 Å². The number of hydrogen-bond acceptors (Lipinski definition) is 0. The maximum Gasteiger partial charge on any atom is -0.0315 e. The van der Waals surface area contributed by atoms with Crippen molar-refractivity contribution in [3.05, 3.63) is 0 Å². The third-order valence-corrected chi connectivity index (χ3v) is 12.9. The first-order valence-electron chi connectivity index (χ1n) is 11.9. The lowest BCUT2D eigenvalue weighted by atomic mass is 9.42. The van der Waals surface area contributed by atoms with E-state index >= 15 is 0 Å². The van der Waals surface area contributed by atoms with Crippen LogP contribution in [0, 0.1) is 94.7 Å². The van der Waals surface area contributed by atoms with E-state index in [9.17, 15) is 0 Å². The van der Waals surface area contributed by atoms with Gasteiger partial charge in [0.1, 0.15) is 0 Å². The minimum absolute atomic E-state index is 1.21. The molecule has 9 aliphatic rings. The van der Waals surface area contributed by atoms with Gasteiger partial charge in [-0.3, -0.25) is 0 Å². The summed E-state index contributed by atoms with van der Waals surface area (Å²) in [5.74, 6) is 20.0. The largest absolute Gasteiger partial charge is 0.0499 e. The first-order valence-corrected chi connectivity index (χ1v) is 11.9. The van der Waals surface area contributed by atoms with Crippen LogP contribution in [-0.4, -0.2) is 0 Å². The van der Waals surface area contributed by atoms with Crippen LogP contribution in [0.3, 0.4) is 0 Å². The van der Waals surface area contributed by atoms with E-state index in [4.69, 9.17) is 0 Å². The molecule has 0 aromatic carbocycles. The summed E-state index contributed by atoms with van der Waals surface area (Å²) in [6.07, 6.45) is 13.4. The smallest absolute Gasteiger partial charge is 0.0315 e. The van der Waals surface area contributed by atoms with E-state index in [1.165, 1.54) is 94.7 Å². The summed E-state index contributed by atoms with van der Waals surface area (Å²) in [7, 11) is 0. The van der Waals surface area contributed by atoms with E-state index in [1.54, 1.807) is 51.4 Å². The van der Waals surface area contributed by atoms with Crippen LogP contribution in [0.1, 0.15) is 51.4 Å². The molecule has 8 bridgehead atoms. The third kappa shape index (κ3) is 1.01. The van der Waals surface area contributed by atoms with Crippen molar-refractivity contribution in [3.63, 3.8) is 0 Å². The molecule has 24 heavy (non-hydrogen) atoms. The van der Waals surface area contributed by atoms with Crippen molar-refractivity contribution in [2.75, 3.05) is 0 Å². The molecule has 9 saturated carbocycles. The second-order valence-corrected chi connectivity index (χ2v) is 12.4. The second-order valence-electron chi connectivity index (χ2n) is 12.4. The molecule has 9 fully saturated rings. The number of hydrogen-bond donors (Lipinski definition) is 0. The van der Waals surface area contributed by atoms with Crippen LogP contribution in [0.15, 0.2) is 0 Å². The number of rotatable bonds is 0. The zero-order valence-electron chi connectivity index (χ0n) is 14.9. The topological polar surface area (TPSA) is 0 Å². The zero-order chi connectivity index (χ0) is 14.9. The van der Waals surface area contributed by atoms with Gasteiger partial charge >= 0.3 is 0 Å². The molecule has 0 nitrogen and oxygen atoms in total. The maximum atomic E-state index is 1.73. The summed E-state index contributed by atoms with van der Waals surface area (Å²) in [5.41, 5.74) is 0. The van der Waals surface area contributed by atoms with Gasteiger partial charge in [-0.25, -0.2) is 0 Å². The molecule has 0 N–H and O–H groups in total. The molecule has 0 aliphatic heterocycles. The fourth-order valence-corrected chi connectivity index (χ4v) is 13.4. The van der Waals surface area contributed by atoms with E-state index in [2.05, 4.69) is 0 Å². The van der Waals surface area contributed by atoms with E-state index in [0.717, 1.165) is 0 Å². The van der Waals surface area contributed by atoms with Crippen LogP contribution < -0.4 is 0 Å². The van der Waals surface area contributed by atoms with Crippen molar-refractivity contribution in [1.82, 2.24) is 0 Å². The third-order valence-electron chi connectivity index (χ3n) is 12.9. The quantitative estimate of drug-likeness (QED) is 0.545. The van der Waals surface area contributed by atoms with Crippen molar-refractivity contribution >= 4 is 0 Å². The lowest BCUT2D eigenvalue weighted by molar-refractivity contribution is -0.160. The van der Waals surface area contributed by atoms with E-state index in [0.29, 0.717) is 0 Å². The van der Waals surface area contributed by atoms with E-state index in [1.807, 2.05) is 0 Å². The van der Waals surface area contributed by atoms with Crippen molar-refractivity contribution in [2.45, 2.75) is 51.4 Å². The Labute approximate surface area is 146 Å². The summed E-state index contributed by atoms with van der Waals surface area (Å²) in [6.45, 7) is 0. The molecule has 0 spiro atoms. The van der Waals surface area contributed by atoms with Gasteiger partial charge in [0.25, 0.3) is 0 Å². The molecule has 128 valence electrons. The first kappa shape index (κ1) is 12.4. The molecule has 0 heterocycles. The molecular weight excluding hydrogens is 288 g/mol. The monoisotopic (exact) mass is 320 g/mol. The highest BCUT2D eigenvalue weighted by Crippen LogP contribution is 2.84. The van der Waals surface area contributed by atoms with E-state index in [-0.39, 0.29) is 0 Å². The van der Waals surface area contributed by atoms with Crippen LogP contribution >= 0.6 is 0 Å². The Morgan fingerprint density at radius 1 is 0.292 bits per heavy atom. The Kier molecular flexibility index (Phi) is 1.83. The van der Waals surface area contributed by atoms with Crippen LogP contribution in [0.2, 0.25) is 0 Å². The van der Waals surface area contributed by atoms with Crippen LogP contribution in [0.5, 0.6) is 0 Å². The molecule has 0 heteroatoms. The van der Waals surface area contributed by atoms with Gasteiger partial charge < -0.3 is 0 Å². The zero-order valence-corrected chi connectivity index (χ0v) is 14.9. The average molecular weight is 321 g/mol. The highest BCUT2D eigenvalue weighted by atomic mass is 14.8.